The van der Waals surface area contributed by atoms with Crippen LogP contribution in [0.3, 0.4) is 0 Å². The molecule has 1 atom stereocenters. The maximum atomic E-state index is 13.8. The van der Waals surface area contributed by atoms with Crippen LogP contribution in [0.5, 0.6) is 0 Å². The van der Waals surface area contributed by atoms with E-state index < -0.39 is 17.7 Å². The predicted molar refractivity (Wildman–Crippen MR) is 99.5 cm³/mol. The van der Waals surface area contributed by atoms with Crippen LogP contribution in [0.25, 0.3) is 0 Å². The molecule has 1 amide bonds. The van der Waals surface area contributed by atoms with Crippen molar-refractivity contribution in [2.75, 3.05) is 5.32 Å². The molecule has 5 heteroatoms. The van der Waals surface area contributed by atoms with Crippen LogP contribution in [0.2, 0.25) is 0 Å². The highest BCUT2D eigenvalue weighted by Crippen LogP contribution is 2.27. The second kappa shape index (κ2) is 8.13. The molecule has 0 aliphatic carbocycles. The topological polar surface area (TPSA) is 55.4 Å². The summed E-state index contributed by atoms with van der Waals surface area (Å²) in [5, 5.41) is 2.37. The number of carbonyl (C=O) groups excluding carboxylic acids is 2. The van der Waals surface area contributed by atoms with Gasteiger partial charge in [-0.3, -0.25) is 4.79 Å². The number of amides is 1. The second-order valence-electron chi connectivity index (χ2n) is 7.33. The van der Waals surface area contributed by atoms with E-state index in [9.17, 15) is 14.0 Å². The first-order chi connectivity index (χ1) is 12.2. The van der Waals surface area contributed by atoms with E-state index in [2.05, 4.69) is 5.32 Å². The normalized spacial score (nSPS) is 12.3. The number of ether oxygens (including phenoxy) is 1. The molecule has 138 valence electrons. The van der Waals surface area contributed by atoms with Gasteiger partial charge in [0.2, 0.25) is 5.91 Å². The second-order valence-corrected chi connectivity index (χ2v) is 7.33. The molecular formula is C21H24FNO3. The molecule has 0 saturated heterocycles. The Morgan fingerprint density at radius 3 is 2.35 bits per heavy atom. The summed E-state index contributed by atoms with van der Waals surface area (Å²) in [5.41, 5.74) is 0.949. The zero-order valence-electron chi connectivity index (χ0n) is 15.5. The van der Waals surface area contributed by atoms with E-state index in [1.54, 1.807) is 0 Å². The Morgan fingerprint density at radius 1 is 1.12 bits per heavy atom. The summed E-state index contributed by atoms with van der Waals surface area (Å²) in [5.74, 6) is -1.56. The van der Waals surface area contributed by atoms with E-state index in [1.165, 1.54) is 19.1 Å². The number of carbonyl (C=O) groups is 2. The largest absolute Gasteiger partial charge is 0.458 e. The Bertz CT molecular complexity index is 782. The van der Waals surface area contributed by atoms with Crippen molar-refractivity contribution in [1.29, 1.82) is 0 Å². The Kier molecular flexibility index (Phi) is 6.14. The van der Waals surface area contributed by atoms with Crippen molar-refractivity contribution in [3.63, 3.8) is 0 Å². The zero-order chi connectivity index (χ0) is 19.3. The first-order valence-electron chi connectivity index (χ1n) is 8.49. The van der Waals surface area contributed by atoms with Crippen molar-refractivity contribution in [3.8, 4) is 0 Å². The van der Waals surface area contributed by atoms with Gasteiger partial charge in [0, 0.05) is 13.3 Å². The van der Waals surface area contributed by atoms with Crippen molar-refractivity contribution < 1.29 is 18.7 Å². The molecule has 0 radical (unpaired) electrons. The molecular weight excluding hydrogens is 333 g/mol. The highest BCUT2D eigenvalue weighted by molar-refractivity contribution is 5.94. The lowest BCUT2D eigenvalue weighted by Gasteiger charge is -2.30. The quantitative estimate of drug-likeness (QED) is 0.796. The van der Waals surface area contributed by atoms with Crippen molar-refractivity contribution >= 4 is 17.6 Å². The minimum Gasteiger partial charge on any atom is -0.458 e. The molecule has 2 rings (SSSR count). The molecule has 26 heavy (non-hydrogen) atoms. The first-order valence-corrected chi connectivity index (χ1v) is 8.49. The predicted octanol–water partition coefficient (Wildman–Crippen LogP) is 4.60. The standard InChI is InChI=1S/C21H24FNO3/c1-14(24)23-18-13-16(10-11-17(18)22)20(25)26-19(21(2,3)4)12-15-8-6-5-7-9-15/h5-11,13,19H,12H2,1-4H3,(H,23,24). The number of esters is 1. The van der Waals surface area contributed by atoms with Crippen molar-refractivity contribution in [3.05, 3.63) is 65.5 Å². The average molecular weight is 357 g/mol. The van der Waals surface area contributed by atoms with Crippen LogP contribution < -0.4 is 5.32 Å². The Hall–Kier alpha value is -2.69. The van der Waals surface area contributed by atoms with Gasteiger partial charge in [-0.15, -0.1) is 0 Å². The van der Waals surface area contributed by atoms with E-state index in [0.717, 1.165) is 11.6 Å². The summed E-state index contributed by atoms with van der Waals surface area (Å²) in [6.45, 7) is 7.28. The van der Waals surface area contributed by atoms with E-state index in [1.807, 2.05) is 51.1 Å². The SMILES string of the molecule is CC(=O)Nc1cc(C(=O)OC(Cc2ccccc2)C(C)(C)C)ccc1F. The molecule has 1 unspecified atom stereocenters. The summed E-state index contributed by atoms with van der Waals surface area (Å²) >= 11 is 0. The average Bonchev–Trinajstić information content (AvgIpc) is 2.56. The third-order valence-electron chi connectivity index (χ3n) is 3.99. The maximum Gasteiger partial charge on any atom is 0.338 e. The minimum atomic E-state index is -0.603. The van der Waals surface area contributed by atoms with Crippen LogP contribution in [-0.2, 0) is 16.0 Å². The Morgan fingerprint density at radius 2 is 1.77 bits per heavy atom. The van der Waals surface area contributed by atoms with Crippen LogP contribution >= 0.6 is 0 Å². The molecule has 2 aromatic rings. The lowest BCUT2D eigenvalue weighted by Crippen LogP contribution is -2.33. The highest BCUT2D eigenvalue weighted by Gasteiger charge is 2.29. The Labute approximate surface area is 153 Å². The van der Waals surface area contributed by atoms with E-state index in [0.29, 0.717) is 6.42 Å². The van der Waals surface area contributed by atoms with Crippen LogP contribution in [-0.4, -0.2) is 18.0 Å². The summed E-state index contributed by atoms with van der Waals surface area (Å²) in [6, 6.07) is 13.6. The molecule has 2 aromatic carbocycles. The third-order valence-corrected chi connectivity index (χ3v) is 3.99. The van der Waals surface area contributed by atoms with Gasteiger partial charge in [0.15, 0.2) is 0 Å². The molecule has 0 heterocycles. The van der Waals surface area contributed by atoms with Gasteiger partial charge >= 0.3 is 5.97 Å². The number of rotatable bonds is 5. The van der Waals surface area contributed by atoms with Crippen molar-refractivity contribution in [2.24, 2.45) is 5.41 Å². The fourth-order valence-electron chi connectivity index (χ4n) is 2.49. The van der Waals surface area contributed by atoms with Crippen molar-refractivity contribution in [1.82, 2.24) is 0 Å². The van der Waals surface area contributed by atoms with Gasteiger partial charge in [0.1, 0.15) is 11.9 Å². The Balaban J connectivity index is 2.20. The summed E-state index contributed by atoms with van der Waals surface area (Å²) in [4.78, 5) is 23.7. The lowest BCUT2D eigenvalue weighted by atomic mass is 9.85. The molecule has 0 spiro atoms. The molecule has 0 fully saturated rings. The van der Waals surface area contributed by atoms with Crippen LogP contribution in [0, 0.1) is 11.2 Å². The van der Waals surface area contributed by atoms with Gasteiger partial charge < -0.3 is 10.1 Å². The van der Waals surface area contributed by atoms with Crippen molar-refractivity contribution in [2.45, 2.75) is 40.2 Å². The fourth-order valence-corrected chi connectivity index (χ4v) is 2.49. The molecule has 0 saturated carbocycles. The van der Waals surface area contributed by atoms with E-state index in [-0.39, 0.29) is 22.8 Å². The summed E-state index contributed by atoms with van der Waals surface area (Å²) in [6.07, 6.45) is 0.224. The molecule has 1 N–H and O–H groups in total. The smallest absolute Gasteiger partial charge is 0.338 e. The summed E-state index contributed by atoms with van der Waals surface area (Å²) in [7, 11) is 0. The number of nitrogens with one attached hydrogen (secondary N) is 1. The van der Waals surface area contributed by atoms with E-state index >= 15 is 0 Å². The number of anilines is 1. The minimum absolute atomic E-state index is 0.0395. The number of hydrogen-bond donors (Lipinski definition) is 1. The third kappa shape index (κ3) is 5.41. The molecule has 0 bridgehead atoms. The number of halogens is 1. The van der Waals surface area contributed by atoms with Gasteiger partial charge in [-0.25, -0.2) is 9.18 Å². The fraction of sp³-hybridized carbons (Fsp3) is 0.333. The monoisotopic (exact) mass is 357 g/mol. The highest BCUT2D eigenvalue weighted by atomic mass is 19.1. The zero-order valence-corrected chi connectivity index (χ0v) is 15.5. The van der Waals surface area contributed by atoms with Gasteiger partial charge in [-0.1, -0.05) is 51.1 Å². The van der Waals surface area contributed by atoms with E-state index in [4.69, 9.17) is 4.74 Å². The first kappa shape index (κ1) is 19.6. The molecule has 0 aromatic heterocycles. The number of hydrogen-bond acceptors (Lipinski definition) is 3. The lowest BCUT2D eigenvalue weighted by molar-refractivity contribution is -0.114. The van der Waals surface area contributed by atoms with Gasteiger partial charge in [0.05, 0.1) is 11.3 Å². The molecule has 4 nitrogen and oxygen atoms in total. The number of benzene rings is 2. The molecule has 0 aliphatic heterocycles. The van der Waals surface area contributed by atoms with Gasteiger partial charge in [0.25, 0.3) is 0 Å². The summed E-state index contributed by atoms with van der Waals surface area (Å²) < 4.78 is 19.5. The maximum absolute atomic E-state index is 13.8. The van der Waals surface area contributed by atoms with Crippen LogP contribution in [0.15, 0.2) is 48.5 Å². The van der Waals surface area contributed by atoms with Gasteiger partial charge in [-0.2, -0.15) is 0 Å². The van der Waals surface area contributed by atoms with Crippen LogP contribution in [0.1, 0.15) is 43.6 Å². The van der Waals surface area contributed by atoms with Gasteiger partial charge in [-0.05, 0) is 29.2 Å². The molecule has 0 aliphatic rings. The van der Waals surface area contributed by atoms with Crippen LogP contribution in [0.4, 0.5) is 10.1 Å².